The molecule has 2 heterocycles. The molecule has 0 spiro atoms. The zero-order valence-corrected chi connectivity index (χ0v) is 17.2. The number of hydrogen-bond donors (Lipinski definition) is 1. The number of amides is 1. The minimum atomic E-state index is -0.669. The highest BCUT2D eigenvalue weighted by atomic mass is 16.6. The van der Waals surface area contributed by atoms with Crippen LogP contribution < -0.4 is 5.32 Å². The van der Waals surface area contributed by atoms with Gasteiger partial charge in [0, 0.05) is 39.4 Å². The van der Waals surface area contributed by atoms with Crippen LogP contribution in [0.1, 0.15) is 20.8 Å². The van der Waals surface area contributed by atoms with E-state index in [0.29, 0.717) is 17.5 Å². The van der Waals surface area contributed by atoms with Gasteiger partial charge in [-0.25, -0.2) is 4.79 Å². The molecule has 0 radical (unpaired) electrons. The van der Waals surface area contributed by atoms with Gasteiger partial charge in [-0.2, -0.15) is 0 Å². The summed E-state index contributed by atoms with van der Waals surface area (Å²) in [5, 5.41) is 14.4. The average Bonchev–Trinajstić information content (AvgIpc) is 3.09. The Bertz CT molecular complexity index is 685. The molecule has 2 fully saturated rings. The summed E-state index contributed by atoms with van der Waals surface area (Å²) in [5.74, 6) is 1.05. The SMILES string of the molecule is COC1C=C(N2CC3CN(C)CC3C2)C([N+](=O)[O-])=CC1NC(=O)OC(C)(C)C. The van der Waals surface area contributed by atoms with E-state index in [4.69, 9.17) is 9.47 Å². The van der Waals surface area contributed by atoms with Crippen molar-refractivity contribution in [2.24, 2.45) is 11.8 Å². The third-order valence-corrected chi connectivity index (χ3v) is 5.44. The molecule has 9 nitrogen and oxygen atoms in total. The first-order chi connectivity index (χ1) is 13.1. The summed E-state index contributed by atoms with van der Waals surface area (Å²) in [6.45, 7) is 8.92. The number of alkyl carbamates (subject to hydrolysis) is 1. The van der Waals surface area contributed by atoms with E-state index >= 15 is 0 Å². The van der Waals surface area contributed by atoms with Crippen LogP contribution in [0.2, 0.25) is 0 Å². The lowest BCUT2D eigenvalue weighted by molar-refractivity contribution is -0.423. The highest BCUT2D eigenvalue weighted by Crippen LogP contribution is 2.35. The van der Waals surface area contributed by atoms with E-state index < -0.39 is 23.8 Å². The molecule has 0 bridgehead atoms. The quantitative estimate of drug-likeness (QED) is 0.569. The van der Waals surface area contributed by atoms with Gasteiger partial charge in [-0.3, -0.25) is 10.1 Å². The molecule has 0 saturated carbocycles. The second kappa shape index (κ2) is 7.71. The summed E-state index contributed by atoms with van der Waals surface area (Å²) in [6.07, 6.45) is 2.09. The van der Waals surface area contributed by atoms with E-state index in [1.807, 2.05) is 0 Å². The fourth-order valence-corrected chi connectivity index (χ4v) is 4.32. The number of nitrogens with zero attached hydrogens (tertiary/aromatic N) is 3. The zero-order valence-electron chi connectivity index (χ0n) is 17.2. The molecule has 9 heteroatoms. The van der Waals surface area contributed by atoms with Crippen molar-refractivity contribution in [2.45, 2.75) is 38.5 Å². The smallest absolute Gasteiger partial charge is 0.408 e. The second-order valence-corrected chi connectivity index (χ2v) is 8.88. The summed E-state index contributed by atoms with van der Waals surface area (Å²) < 4.78 is 10.8. The van der Waals surface area contributed by atoms with Gasteiger partial charge in [-0.1, -0.05) is 0 Å². The van der Waals surface area contributed by atoms with Gasteiger partial charge in [0.05, 0.1) is 11.0 Å². The molecular weight excluding hydrogens is 364 g/mol. The lowest BCUT2D eigenvalue weighted by Crippen LogP contribution is -2.47. The first-order valence-corrected chi connectivity index (χ1v) is 9.61. The van der Waals surface area contributed by atoms with E-state index in [9.17, 15) is 14.9 Å². The summed E-state index contributed by atoms with van der Waals surface area (Å²) in [4.78, 5) is 27.9. The molecular formula is C19H30N4O5. The Hall–Kier alpha value is -2.13. The standard InChI is InChI=1S/C19H30N4O5/c1-19(2,3)28-18(24)20-14-6-16(23(25)26)15(7-17(14)27-5)22-10-12-8-21(4)9-13(12)11-22/h6-7,12-14,17H,8-11H2,1-5H3,(H,20,24). The first-order valence-electron chi connectivity index (χ1n) is 9.61. The third-order valence-electron chi connectivity index (χ3n) is 5.44. The number of nitrogens with one attached hydrogen (secondary N) is 1. The molecule has 0 aromatic carbocycles. The number of carbonyl (C=O) groups is 1. The van der Waals surface area contributed by atoms with E-state index in [-0.39, 0.29) is 10.6 Å². The number of carbonyl (C=O) groups excluding carboxylic acids is 1. The predicted octanol–water partition coefficient (Wildman–Crippen LogP) is 1.45. The Morgan fingerprint density at radius 3 is 2.32 bits per heavy atom. The van der Waals surface area contributed by atoms with Crippen molar-refractivity contribution in [2.75, 3.05) is 40.3 Å². The van der Waals surface area contributed by atoms with Crippen LogP contribution in [0.25, 0.3) is 0 Å². The summed E-state index contributed by atoms with van der Waals surface area (Å²) in [5.41, 5.74) is -0.0721. The van der Waals surface area contributed by atoms with Crippen LogP contribution in [0.15, 0.2) is 23.5 Å². The van der Waals surface area contributed by atoms with Gasteiger partial charge in [0.2, 0.25) is 0 Å². The lowest BCUT2D eigenvalue weighted by atomic mass is 10.0. The van der Waals surface area contributed by atoms with Crippen molar-refractivity contribution in [3.05, 3.63) is 33.7 Å². The summed E-state index contributed by atoms with van der Waals surface area (Å²) in [7, 11) is 3.64. The van der Waals surface area contributed by atoms with E-state index in [1.54, 1.807) is 26.8 Å². The molecule has 156 valence electrons. The van der Waals surface area contributed by atoms with Crippen molar-refractivity contribution in [1.29, 1.82) is 0 Å². The zero-order chi connectivity index (χ0) is 20.6. The number of methoxy groups -OCH3 is 1. The number of rotatable bonds is 4. The minimum absolute atomic E-state index is 0.00249. The maximum absolute atomic E-state index is 12.1. The molecule has 2 saturated heterocycles. The number of ether oxygens (including phenoxy) is 2. The summed E-state index contributed by atoms with van der Waals surface area (Å²) >= 11 is 0. The highest BCUT2D eigenvalue weighted by Gasteiger charge is 2.43. The number of likely N-dealkylation sites (tertiary alicyclic amines) is 2. The lowest BCUT2D eigenvalue weighted by Gasteiger charge is -2.31. The van der Waals surface area contributed by atoms with Crippen molar-refractivity contribution in [1.82, 2.24) is 15.1 Å². The van der Waals surface area contributed by atoms with Gasteiger partial charge in [-0.05, 0) is 45.7 Å². The molecule has 28 heavy (non-hydrogen) atoms. The topological polar surface area (TPSA) is 97.2 Å². The van der Waals surface area contributed by atoms with E-state index in [1.165, 1.54) is 13.2 Å². The van der Waals surface area contributed by atoms with Crippen LogP contribution in [0.4, 0.5) is 4.79 Å². The fourth-order valence-electron chi connectivity index (χ4n) is 4.32. The van der Waals surface area contributed by atoms with Gasteiger partial charge < -0.3 is 24.6 Å². The van der Waals surface area contributed by atoms with Gasteiger partial charge in [-0.15, -0.1) is 0 Å². The molecule has 1 aliphatic carbocycles. The monoisotopic (exact) mass is 394 g/mol. The molecule has 3 aliphatic rings. The Morgan fingerprint density at radius 2 is 1.82 bits per heavy atom. The normalized spacial score (nSPS) is 30.5. The molecule has 1 amide bonds. The molecule has 2 aliphatic heterocycles. The van der Waals surface area contributed by atoms with Gasteiger partial charge in [0.25, 0.3) is 5.70 Å². The Morgan fingerprint density at radius 1 is 1.21 bits per heavy atom. The number of nitro groups is 1. The van der Waals surface area contributed by atoms with Crippen molar-refractivity contribution in [3.63, 3.8) is 0 Å². The first kappa shape index (κ1) is 20.6. The Labute approximate surface area is 165 Å². The van der Waals surface area contributed by atoms with Crippen molar-refractivity contribution in [3.8, 4) is 0 Å². The maximum atomic E-state index is 12.1. The Kier molecular flexibility index (Phi) is 5.67. The van der Waals surface area contributed by atoms with Crippen LogP contribution in [-0.4, -0.2) is 78.9 Å². The van der Waals surface area contributed by atoms with Crippen LogP contribution in [0.5, 0.6) is 0 Å². The van der Waals surface area contributed by atoms with Gasteiger partial charge in [0.1, 0.15) is 17.4 Å². The van der Waals surface area contributed by atoms with Crippen molar-refractivity contribution >= 4 is 6.09 Å². The highest BCUT2D eigenvalue weighted by molar-refractivity contribution is 5.68. The minimum Gasteiger partial charge on any atom is -0.444 e. The third kappa shape index (κ3) is 4.47. The largest absolute Gasteiger partial charge is 0.444 e. The van der Waals surface area contributed by atoms with Gasteiger partial charge >= 0.3 is 6.09 Å². The summed E-state index contributed by atoms with van der Waals surface area (Å²) in [6, 6.07) is -0.669. The van der Waals surface area contributed by atoms with Crippen LogP contribution in [-0.2, 0) is 9.47 Å². The average molecular weight is 394 g/mol. The van der Waals surface area contributed by atoms with Crippen LogP contribution >= 0.6 is 0 Å². The predicted molar refractivity (Wildman–Crippen MR) is 103 cm³/mol. The molecule has 4 atom stereocenters. The van der Waals surface area contributed by atoms with E-state index in [2.05, 4.69) is 22.2 Å². The Balaban J connectivity index is 1.77. The number of hydrogen-bond acceptors (Lipinski definition) is 7. The number of fused-ring (bicyclic) bond motifs is 1. The fraction of sp³-hybridized carbons (Fsp3) is 0.737. The molecule has 4 unspecified atom stereocenters. The second-order valence-electron chi connectivity index (χ2n) is 8.88. The molecule has 1 N–H and O–H groups in total. The van der Waals surface area contributed by atoms with Crippen molar-refractivity contribution < 1.29 is 19.2 Å². The van der Waals surface area contributed by atoms with E-state index in [0.717, 1.165) is 26.2 Å². The van der Waals surface area contributed by atoms with Crippen LogP contribution in [0, 0.1) is 22.0 Å². The van der Waals surface area contributed by atoms with Crippen LogP contribution in [0.3, 0.4) is 0 Å². The molecule has 0 aromatic rings. The molecule has 3 rings (SSSR count). The van der Waals surface area contributed by atoms with Gasteiger partial charge in [0.15, 0.2) is 0 Å². The maximum Gasteiger partial charge on any atom is 0.408 e. The molecule has 0 aromatic heterocycles.